The number of aliphatic imine (C=N–C) groups is 1. The first-order valence-electron chi connectivity index (χ1n) is 10.1. The lowest BCUT2D eigenvalue weighted by atomic mass is 10.3. The molecule has 1 saturated heterocycles. The van der Waals surface area contributed by atoms with Gasteiger partial charge in [0.2, 0.25) is 0 Å². The molecule has 7 nitrogen and oxygen atoms in total. The van der Waals surface area contributed by atoms with Gasteiger partial charge in [-0.25, -0.2) is 14.4 Å². The highest BCUT2D eigenvalue weighted by Gasteiger charge is 2.25. The van der Waals surface area contributed by atoms with Crippen molar-refractivity contribution in [3.8, 4) is 0 Å². The summed E-state index contributed by atoms with van der Waals surface area (Å²) < 4.78 is 16.0. The third-order valence-corrected chi connectivity index (χ3v) is 4.96. The third kappa shape index (κ3) is 4.64. The van der Waals surface area contributed by atoms with E-state index >= 15 is 0 Å². The van der Waals surface area contributed by atoms with E-state index in [1.807, 2.05) is 46.8 Å². The molecule has 1 aliphatic heterocycles. The molecule has 0 bridgehead atoms. The Labute approximate surface area is 169 Å². The number of hydrogen-bond donors (Lipinski definition) is 2. The van der Waals surface area contributed by atoms with Gasteiger partial charge in [0.1, 0.15) is 5.65 Å². The SMILES string of the molecule is CCNC(=NCCc1cn2ccccc2n1)NC1CCN(c2ncccc2F)C1. The van der Waals surface area contributed by atoms with Gasteiger partial charge in [-0.05, 0) is 37.6 Å². The number of anilines is 1. The number of imidazole rings is 1. The number of nitrogens with one attached hydrogen (secondary N) is 2. The Morgan fingerprint density at radius 3 is 3.07 bits per heavy atom. The Balaban J connectivity index is 1.34. The Bertz CT molecular complexity index is 951. The maximum atomic E-state index is 14.0. The van der Waals surface area contributed by atoms with Crippen molar-refractivity contribution in [1.82, 2.24) is 25.0 Å². The molecular weight excluding hydrogens is 369 g/mol. The van der Waals surface area contributed by atoms with Crippen LogP contribution in [0, 0.1) is 5.82 Å². The fourth-order valence-corrected chi connectivity index (χ4v) is 3.58. The molecule has 29 heavy (non-hydrogen) atoms. The molecule has 0 aliphatic carbocycles. The summed E-state index contributed by atoms with van der Waals surface area (Å²) in [5.41, 5.74) is 1.97. The van der Waals surface area contributed by atoms with Crippen molar-refractivity contribution in [2.45, 2.75) is 25.8 Å². The monoisotopic (exact) mass is 395 g/mol. The molecule has 0 amide bonds. The van der Waals surface area contributed by atoms with Crippen LogP contribution in [-0.2, 0) is 6.42 Å². The third-order valence-electron chi connectivity index (χ3n) is 4.96. The first-order valence-corrected chi connectivity index (χ1v) is 10.1. The smallest absolute Gasteiger partial charge is 0.191 e. The molecule has 152 valence electrons. The molecule has 0 spiro atoms. The summed E-state index contributed by atoms with van der Waals surface area (Å²) in [7, 11) is 0. The van der Waals surface area contributed by atoms with Gasteiger partial charge >= 0.3 is 0 Å². The lowest BCUT2D eigenvalue weighted by Crippen LogP contribution is -2.44. The zero-order valence-corrected chi connectivity index (χ0v) is 16.6. The first-order chi connectivity index (χ1) is 14.2. The zero-order chi connectivity index (χ0) is 20.1. The minimum Gasteiger partial charge on any atom is -0.357 e. The molecule has 1 fully saturated rings. The minimum absolute atomic E-state index is 0.199. The second-order valence-electron chi connectivity index (χ2n) is 7.09. The van der Waals surface area contributed by atoms with E-state index < -0.39 is 0 Å². The molecule has 3 aromatic rings. The summed E-state index contributed by atoms with van der Waals surface area (Å²) in [4.78, 5) is 15.5. The van der Waals surface area contributed by atoms with Crippen LogP contribution in [0.5, 0.6) is 0 Å². The largest absolute Gasteiger partial charge is 0.357 e. The number of nitrogens with zero attached hydrogens (tertiary/aromatic N) is 5. The second kappa shape index (κ2) is 8.89. The fraction of sp³-hybridized carbons (Fsp3) is 0.381. The zero-order valence-electron chi connectivity index (χ0n) is 16.6. The van der Waals surface area contributed by atoms with E-state index in [1.54, 1.807) is 12.3 Å². The number of pyridine rings is 2. The molecule has 2 N–H and O–H groups in total. The average Bonchev–Trinajstić information content (AvgIpc) is 3.35. The second-order valence-corrected chi connectivity index (χ2v) is 7.09. The Kier molecular flexibility index (Phi) is 5.88. The number of guanidine groups is 1. The Morgan fingerprint density at radius 2 is 2.24 bits per heavy atom. The van der Waals surface area contributed by atoms with E-state index in [0.717, 1.165) is 43.2 Å². The average molecular weight is 395 g/mol. The fourth-order valence-electron chi connectivity index (χ4n) is 3.58. The molecule has 4 heterocycles. The summed E-state index contributed by atoms with van der Waals surface area (Å²) in [6, 6.07) is 9.24. The molecule has 0 radical (unpaired) electrons. The van der Waals surface area contributed by atoms with E-state index in [-0.39, 0.29) is 11.9 Å². The molecule has 3 aromatic heterocycles. The molecule has 0 saturated carbocycles. The van der Waals surface area contributed by atoms with Crippen molar-refractivity contribution < 1.29 is 4.39 Å². The van der Waals surface area contributed by atoms with Gasteiger partial charge in [-0.2, -0.15) is 0 Å². The molecule has 1 atom stereocenters. The van der Waals surface area contributed by atoms with Crippen molar-refractivity contribution >= 4 is 17.4 Å². The standard InChI is InChI=1S/C21H26FN7/c1-2-23-21(25-11-8-16-14-28-12-4-3-7-19(28)26-16)27-17-9-13-29(15-17)20-18(22)6-5-10-24-20/h3-7,10,12,14,17H,2,8-9,11,13,15H2,1H3,(H2,23,25,27). The van der Waals surface area contributed by atoms with Crippen LogP contribution in [0.3, 0.4) is 0 Å². The Morgan fingerprint density at radius 1 is 1.31 bits per heavy atom. The summed E-state index contributed by atoms with van der Waals surface area (Å²) in [6.45, 7) is 4.94. The summed E-state index contributed by atoms with van der Waals surface area (Å²) >= 11 is 0. The maximum Gasteiger partial charge on any atom is 0.191 e. The predicted octanol–water partition coefficient (Wildman–Crippen LogP) is 2.24. The van der Waals surface area contributed by atoms with Crippen LogP contribution in [-0.4, -0.2) is 52.5 Å². The minimum atomic E-state index is -0.277. The Hall–Kier alpha value is -3.16. The van der Waals surface area contributed by atoms with Crippen LogP contribution in [0.15, 0.2) is 53.9 Å². The lowest BCUT2D eigenvalue weighted by molar-refractivity contribution is 0.612. The van der Waals surface area contributed by atoms with Crippen LogP contribution < -0.4 is 15.5 Å². The molecule has 4 rings (SSSR count). The van der Waals surface area contributed by atoms with Crippen molar-refractivity contribution in [2.75, 3.05) is 31.1 Å². The van der Waals surface area contributed by atoms with Crippen LogP contribution >= 0.6 is 0 Å². The first kappa shape index (κ1) is 19.2. The van der Waals surface area contributed by atoms with E-state index in [9.17, 15) is 4.39 Å². The number of aromatic nitrogens is 3. The maximum absolute atomic E-state index is 14.0. The highest BCUT2D eigenvalue weighted by atomic mass is 19.1. The van der Waals surface area contributed by atoms with E-state index in [0.29, 0.717) is 18.9 Å². The predicted molar refractivity (Wildman–Crippen MR) is 113 cm³/mol. The van der Waals surface area contributed by atoms with Crippen LogP contribution in [0.4, 0.5) is 10.2 Å². The molecule has 1 unspecified atom stereocenters. The quantitative estimate of drug-likeness (QED) is 0.495. The molecule has 1 aliphatic rings. The summed E-state index contributed by atoms with van der Waals surface area (Å²) in [5.74, 6) is 0.927. The topological polar surface area (TPSA) is 69.8 Å². The highest BCUT2D eigenvalue weighted by Crippen LogP contribution is 2.20. The van der Waals surface area contributed by atoms with Crippen LogP contribution in [0.25, 0.3) is 5.65 Å². The molecule has 8 heteroatoms. The van der Waals surface area contributed by atoms with E-state index in [1.165, 1.54) is 6.07 Å². The van der Waals surface area contributed by atoms with Crippen molar-refractivity contribution in [1.29, 1.82) is 0 Å². The van der Waals surface area contributed by atoms with Gasteiger partial charge in [0.05, 0.1) is 5.69 Å². The number of hydrogen-bond acceptors (Lipinski definition) is 4. The van der Waals surface area contributed by atoms with Gasteiger partial charge in [-0.1, -0.05) is 6.07 Å². The normalized spacial score (nSPS) is 17.1. The molecular formula is C21H26FN7. The van der Waals surface area contributed by atoms with E-state index in [2.05, 4.69) is 20.6 Å². The van der Waals surface area contributed by atoms with Crippen LogP contribution in [0.1, 0.15) is 19.0 Å². The van der Waals surface area contributed by atoms with Gasteiger partial charge in [-0.15, -0.1) is 0 Å². The molecule has 0 aromatic carbocycles. The van der Waals surface area contributed by atoms with E-state index in [4.69, 9.17) is 4.99 Å². The van der Waals surface area contributed by atoms with Gasteiger partial charge in [0, 0.05) is 57.2 Å². The van der Waals surface area contributed by atoms with Crippen LogP contribution in [0.2, 0.25) is 0 Å². The van der Waals surface area contributed by atoms with Gasteiger partial charge in [0.25, 0.3) is 0 Å². The number of rotatable bonds is 6. The van der Waals surface area contributed by atoms with Crippen molar-refractivity contribution in [3.05, 3.63) is 60.4 Å². The van der Waals surface area contributed by atoms with Crippen molar-refractivity contribution in [3.63, 3.8) is 0 Å². The number of halogens is 1. The highest BCUT2D eigenvalue weighted by molar-refractivity contribution is 5.80. The summed E-state index contributed by atoms with van der Waals surface area (Å²) in [5, 5.41) is 6.76. The van der Waals surface area contributed by atoms with Crippen molar-refractivity contribution in [2.24, 2.45) is 4.99 Å². The van der Waals surface area contributed by atoms with Gasteiger partial charge in [0.15, 0.2) is 17.6 Å². The summed E-state index contributed by atoms with van der Waals surface area (Å²) in [6.07, 6.45) is 7.35. The van der Waals surface area contributed by atoms with Gasteiger partial charge in [-0.3, -0.25) is 4.99 Å². The van der Waals surface area contributed by atoms with Gasteiger partial charge < -0.3 is 19.9 Å². The lowest BCUT2D eigenvalue weighted by Gasteiger charge is -2.19. The number of fused-ring (bicyclic) bond motifs is 1.